The molecule has 0 aliphatic rings. The maximum absolute atomic E-state index is 13.6. The van der Waals surface area contributed by atoms with Crippen LogP contribution in [0.25, 0.3) is 0 Å². The topological polar surface area (TPSA) is 58.6 Å². The number of halogens is 1. The van der Waals surface area contributed by atoms with Gasteiger partial charge in [0.05, 0.1) is 13.5 Å². The van der Waals surface area contributed by atoms with Gasteiger partial charge < -0.3 is 15.2 Å². The lowest BCUT2D eigenvalue weighted by molar-refractivity contribution is -0.136. The van der Waals surface area contributed by atoms with Gasteiger partial charge in [-0.15, -0.1) is 0 Å². The van der Waals surface area contributed by atoms with Crippen LogP contribution in [-0.2, 0) is 4.79 Å². The average molecular weight is 241 g/mol. The lowest BCUT2D eigenvalue weighted by Gasteiger charge is -2.17. The van der Waals surface area contributed by atoms with Crippen molar-refractivity contribution in [3.8, 4) is 5.75 Å². The van der Waals surface area contributed by atoms with Gasteiger partial charge >= 0.3 is 5.97 Å². The van der Waals surface area contributed by atoms with E-state index in [1.165, 1.54) is 13.2 Å². The number of ether oxygens (including phenoxy) is 1. The number of benzene rings is 1. The summed E-state index contributed by atoms with van der Waals surface area (Å²) in [6.07, 6.45) is 0.00110. The van der Waals surface area contributed by atoms with Gasteiger partial charge in [-0.25, -0.2) is 4.39 Å². The van der Waals surface area contributed by atoms with Crippen molar-refractivity contribution in [3.05, 3.63) is 29.6 Å². The first-order valence-electron chi connectivity index (χ1n) is 5.33. The number of methoxy groups -OCH3 is 1. The van der Waals surface area contributed by atoms with Crippen molar-refractivity contribution in [2.75, 3.05) is 13.7 Å². The lowest BCUT2D eigenvalue weighted by atomic mass is 10.1. The van der Waals surface area contributed by atoms with Crippen LogP contribution in [0.15, 0.2) is 18.2 Å². The Hall–Kier alpha value is -1.62. The Morgan fingerprint density at radius 3 is 2.88 bits per heavy atom. The van der Waals surface area contributed by atoms with Crippen LogP contribution >= 0.6 is 0 Å². The summed E-state index contributed by atoms with van der Waals surface area (Å²) >= 11 is 0. The van der Waals surface area contributed by atoms with Gasteiger partial charge in [0.2, 0.25) is 0 Å². The first-order chi connectivity index (χ1) is 8.06. The van der Waals surface area contributed by atoms with E-state index in [-0.39, 0.29) is 24.8 Å². The number of carboxylic acid groups (broad SMARTS) is 1. The molecular formula is C12H16FNO3. The number of hydrogen-bond donors (Lipinski definition) is 2. The fourth-order valence-electron chi connectivity index (χ4n) is 1.61. The third-order valence-electron chi connectivity index (χ3n) is 2.46. The molecule has 0 radical (unpaired) electrons. The number of nitrogens with one attached hydrogen (secondary N) is 1. The van der Waals surface area contributed by atoms with Crippen LogP contribution in [0.1, 0.15) is 24.9 Å². The molecule has 4 nitrogen and oxygen atoms in total. The largest absolute Gasteiger partial charge is 0.496 e. The van der Waals surface area contributed by atoms with Gasteiger partial charge in [0.25, 0.3) is 0 Å². The maximum Gasteiger partial charge on any atom is 0.304 e. The zero-order valence-electron chi connectivity index (χ0n) is 9.87. The standard InChI is InChI=1S/C12H16FNO3/c1-8(14-7-6-11(15)16)12-9(13)4-3-5-10(12)17-2/h3-5,8,14H,6-7H2,1-2H3,(H,15,16). The fourth-order valence-corrected chi connectivity index (χ4v) is 1.61. The third kappa shape index (κ3) is 3.71. The highest BCUT2D eigenvalue weighted by Gasteiger charge is 2.15. The van der Waals surface area contributed by atoms with Crippen molar-refractivity contribution >= 4 is 5.97 Å². The summed E-state index contributed by atoms with van der Waals surface area (Å²) in [5.74, 6) is -0.787. The van der Waals surface area contributed by atoms with E-state index in [0.29, 0.717) is 11.3 Å². The summed E-state index contributed by atoms with van der Waals surface area (Å²) in [4.78, 5) is 10.4. The van der Waals surface area contributed by atoms with E-state index < -0.39 is 5.97 Å². The summed E-state index contributed by atoms with van der Waals surface area (Å²) in [6, 6.07) is 4.30. The molecule has 1 aromatic carbocycles. The van der Waals surface area contributed by atoms with Crippen molar-refractivity contribution in [2.24, 2.45) is 0 Å². The molecule has 94 valence electrons. The van der Waals surface area contributed by atoms with Crippen molar-refractivity contribution in [1.29, 1.82) is 0 Å². The molecule has 0 spiro atoms. The van der Waals surface area contributed by atoms with Crippen molar-refractivity contribution in [1.82, 2.24) is 5.32 Å². The molecule has 0 aromatic heterocycles. The average Bonchev–Trinajstić information content (AvgIpc) is 2.27. The molecule has 5 heteroatoms. The Kier molecular flexibility index (Phi) is 4.90. The predicted octanol–water partition coefficient (Wildman–Crippen LogP) is 1.96. The van der Waals surface area contributed by atoms with Crippen molar-refractivity contribution in [3.63, 3.8) is 0 Å². The quantitative estimate of drug-likeness (QED) is 0.799. The Morgan fingerprint density at radius 1 is 1.59 bits per heavy atom. The minimum Gasteiger partial charge on any atom is -0.496 e. The van der Waals surface area contributed by atoms with E-state index in [1.54, 1.807) is 19.1 Å². The zero-order valence-corrected chi connectivity index (χ0v) is 9.87. The van der Waals surface area contributed by atoms with Crippen LogP contribution in [0.2, 0.25) is 0 Å². The highest BCUT2D eigenvalue weighted by molar-refractivity contribution is 5.66. The highest BCUT2D eigenvalue weighted by Crippen LogP contribution is 2.27. The van der Waals surface area contributed by atoms with Gasteiger partial charge in [-0.2, -0.15) is 0 Å². The van der Waals surface area contributed by atoms with Gasteiger partial charge in [0, 0.05) is 18.2 Å². The number of carboxylic acids is 1. The van der Waals surface area contributed by atoms with Crippen LogP contribution < -0.4 is 10.1 Å². The third-order valence-corrected chi connectivity index (χ3v) is 2.46. The SMILES string of the molecule is COc1cccc(F)c1C(C)NCCC(=O)O. The molecule has 17 heavy (non-hydrogen) atoms. The summed E-state index contributed by atoms with van der Waals surface area (Å²) in [5.41, 5.74) is 0.417. The Balaban J connectivity index is 2.73. The van der Waals surface area contributed by atoms with E-state index in [4.69, 9.17) is 9.84 Å². The smallest absolute Gasteiger partial charge is 0.304 e. The van der Waals surface area contributed by atoms with E-state index in [9.17, 15) is 9.18 Å². The molecule has 0 amide bonds. The van der Waals surface area contributed by atoms with Crippen molar-refractivity contribution in [2.45, 2.75) is 19.4 Å². The van der Waals surface area contributed by atoms with Crippen LogP contribution in [0, 0.1) is 5.82 Å². The molecule has 1 aromatic rings. The first kappa shape index (κ1) is 13.4. The first-order valence-corrected chi connectivity index (χ1v) is 5.33. The Labute approximate surface area is 99.4 Å². The van der Waals surface area contributed by atoms with E-state index in [2.05, 4.69) is 5.32 Å². The van der Waals surface area contributed by atoms with Gasteiger partial charge in [-0.1, -0.05) is 6.07 Å². The molecule has 0 aliphatic heterocycles. The van der Waals surface area contributed by atoms with Gasteiger partial charge in [0.1, 0.15) is 11.6 Å². The van der Waals surface area contributed by atoms with E-state index in [1.807, 2.05) is 0 Å². The fraction of sp³-hybridized carbons (Fsp3) is 0.417. The highest BCUT2D eigenvalue weighted by atomic mass is 19.1. The van der Waals surface area contributed by atoms with Crippen LogP contribution in [0.4, 0.5) is 4.39 Å². The van der Waals surface area contributed by atoms with Crippen LogP contribution in [-0.4, -0.2) is 24.7 Å². The van der Waals surface area contributed by atoms with Crippen LogP contribution in [0.5, 0.6) is 5.75 Å². The molecule has 1 rings (SSSR count). The maximum atomic E-state index is 13.6. The molecule has 0 fully saturated rings. The normalized spacial score (nSPS) is 12.2. The number of carbonyl (C=O) groups is 1. The minimum absolute atomic E-state index is 0.00110. The van der Waals surface area contributed by atoms with Crippen molar-refractivity contribution < 1.29 is 19.0 Å². The number of hydrogen-bond acceptors (Lipinski definition) is 3. The predicted molar refractivity (Wildman–Crippen MR) is 61.6 cm³/mol. The second-order valence-electron chi connectivity index (χ2n) is 3.68. The molecule has 0 aliphatic carbocycles. The number of rotatable bonds is 6. The molecule has 1 atom stereocenters. The molecule has 0 saturated heterocycles. The lowest BCUT2D eigenvalue weighted by Crippen LogP contribution is -2.23. The van der Waals surface area contributed by atoms with Crippen LogP contribution in [0.3, 0.4) is 0 Å². The van der Waals surface area contributed by atoms with Gasteiger partial charge in [0.15, 0.2) is 0 Å². The Morgan fingerprint density at radius 2 is 2.29 bits per heavy atom. The monoisotopic (exact) mass is 241 g/mol. The minimum atomic E-state index is -0.884. The number of aliphatic carboxylic acids is 1. The second-order valence-corrected chi connectivity index (χ2v) is 3.68. The molecule has 0 bridgehead atoms. The van der Waals surface area contributed by atoms with E-state index in [0.717, 1.165) is 0 Å². The van der Waals surface area contributed by atoms with E-state index >= 15 is 0 Å². The zero-order chi connectivity index (χ0) is 12.8. The van der Waals surface area contributed by atoms with Gasteiger partial charge in [-0.05, 0) is 19.1 Å². The molecule has 0 heterocycles. The summed E-state index contributed by atoms with van der Waals surface area (Å²) in [6.45, 7) is 2.05. The summed E-state index contributed by atoms with van der Waals surface area (Å²) in [7, 11) is 1.47. The molecule has 2 N–H and O–H groups in total. The molecular weight excluding hydrogens is 225 g/mol. The Bertz CT molecular complexity index is 395. The summed E-state index contributed by atoms with van der Waals surface area (Å²) < 4.78 is 18.7. The summed E-state index contributed by atoms with van der Waals surface area (Å²) in [5, 5.41) is 11.5. The molecule has 0 saturated carbocycles. The molecule has 1 unspecified atom stereocenters. The second kappa shape index (κ2) is 6.20. The van der Waals surface area contributed by atoms with Gasteiger partial charge in [-0.3, -0.25) is 4.79 Å².